The van der Waals surface area contributed by atoms with Crippen LogP contribution in [0.4, 0.5) is 0 Å². The Hall–Kier alpha value is -3.89. The van der Waals surface area contributed by atoms with Gasteiger partial charge in [-0.1, -0.05) is 23.4 Å². The van der Waals surface area contributed by atoms with Crippen LogP contribution in [0.25, 0.3) is 17.1 Å². The highest BCUT2D eigenvalue weighted by Gasteiger charge is 2.17. The first-order chi connectivity index (χ1) is 16.0. The summed E-state index contributed by atoms with van der Waals surface area (Å²) in [6.07, 6.45) is 4.62. The molecule has 0 radical (unpaired) electrons. The van der Waals surface area contributed by atoms with Crippen LogP contribution in [-0.2, 0) is 4.79 Å². The Morgan fingerprint density at radius 2 is 1.85 bits per heavy atom. The molecule has 0 unspecified atom stereocenters. The molecule has 2 aromatic heterocycles. The third kappa shape index (κ3) is 5.48. The lowest BCUT2D eigenvalue weighted by Gasteiger charge is -2.10. The van der Waals surface area contributed by atoms with E-state index < -0.39 is 0 Å². The molecular formula is C22H17ClN6O3S. The zero-order valence-corrected chi connectivity index (χ0v) is 18.5. The number of phenolic OH excluding ortho intramolecular Hbond substituents is 2. The Morgan fingerprint density at radius 3 is 2.58 bits per heavy atom. The Kier molecular flexibility index (Phi) is 6.86. The molecule has 0 bridgehead atoms. The van der Waals surface area contributed by atoms with Crippen LogP contribution in [0.5, 0.6) is 11.5 Å². The quantitative estimate of drug-likeness (QED) is 0.209. The van der Waals surface area contributed by atoms with Gasteiger partial charge in [-0.25, -0.2) is 5.43 Å². The van der Waals surface area contributed by atoms with E-state index in [-0.39, 0.29) is 23.2 Å². The molecule has 166 valence electrons. The smallest absolute Gasteiger partial charge is 0.250 e. The number of nitrogens with zero attached hydrogens (tertiary/aromatic N) is 5. The van der Waals surface area contributed by atoms with Gasteiger partial charge in [0, 0.05) is 40.3 Å². The number of halogens is 1. The standard InChI is InChI=1S/C22H17ClN6O3S/c23-16-2-4-17(5-3-16)29-21(14-7-9-24-10-8-14)27-28-22(29)33-13-20(32)26-25-12-15-1-6-18(30)11-19(15)31/h1-12,30-31H,13H2,(H,26,32). The number of amides is 1. The highest BCUT2D eigenvalue weighted by molar-refractivity contribution is 7.99. The molecular weight excluding hydrogens is 464 g/mol. The molecule has 0 aliphatic heterocycles. The van der Waals surface area contributed by atoms with Crippen molar-refractivity contribution in [2.45, 2.75) is 5.16 Å². The van der Waals surface area contributed by atoms with Crippen molar-refractivity contribution in [3.8, 4) is 28.6 Å². The van der Waals surface area contributed by atoms with Crippen LogP contribution in [0.3, 0.4) is 0 Å². The molecule has 33 heavy (non-hydrogen) atoms. The normalized spacial score (nSPS) is 11.1. The van der Waals surface area contributed by atoms with Crippen LogP contribution in [0.2, 0.25) is 5.02 Å². The van der Waals surface area contributed by atoms with Crippen LogP contribution in [0, 0.1) is 0 Å². The first-order valence-corrected chi connectivity index (χ1v) is 11.0. The van der Waals surface area contributed by atoms with Crippen molar-refractivity contribution < 1.29 is 15.0 Å². The Balaban J connectivity index is 1.49. The summed E-state index contributed by atoms with van der Waals surface area (Å²) >= 11 is 7.23. The van der Waals surface area contributed by atoms with Crippen molar-refractivity contribution in [1.82, 2.24) is 25.2 Å². The maximum absolute atomic E-state index is 12.3. The Bertz CT molecular complexity index is 1300. The van der Waals surface area contributed by atoms with E-state index >= 15 is 0 Å². The predicted octanol–water partition coefficient (Wildman–Crippen LogP) is 3.64. The van der Waals surface area contributed by atoms with Gasteiger partial charge in [0.2, 0.25) is 0 Å². The van der Waals surface area contributed by atoms with Crippen LogP contribution in [0.15, 0.2) is 77.2 Å². The molecule has 0 fully saturated rings. The van der Waals surface area contributed by atoms with Gasteiger partial charge in [0.25, 0.3) is 5.91 Å². The summed E-state index contributed by atoms with van der Waals surface area (Å²) in [4.78, 5) is 16.3. The number of hydrazone groups is 1. The lowest BCUT2D eigenvalue weighted by Crippen LogP contribution is -2.20. The number of rotatable bonds is 7. The molecule has 2 aromatic carbocycles. The minimum atomic E-state index is -0.370. The lowest BCUT2D eigenvalue weighted by molar-refractivity contribution is -0.118. The van der Waals surface area contributed by atoms with Crippen LogP contribution in [0.1, 0.15) is 5.56 Å². The molecule has 3 N–H and O–H groups in total. The Labute approximate surface area is 197 Å². The molecule has 9 nitrogen and oxygen atoms in total. The van der Waals surface area contributed by atoms with Gasteiger partial charge < -0.3 is 10.2 Å². The maximum atomic E-state index is 12.3. The monoisotopic (exact) mass is 480 g/mol. The molecule has 4 aromatic rings. The van der Waals surface area contributed by atoms with E-state index in [9.17, 15) is 15.0 Å². The number of benzene rings is 2. The van der Waals surface area contributed by atoms with Gasteiger partial charge in [0.05, 0.1) is 12.0 Å². The van der Waals surface area contributed by atoms with Crippen molar-refractivity contribution in [3.05, 3.63) is 77.6 Å². The van der Waals surface area contributed by atoms with E-state index in [1.165, 1.54) is 36.2 Å². The third-order valence-electron chi connectivity index (χ3n) is 4.40. The highest BCUT2D eigenvalue weighted by Crippen LogP contribution is 2.28. The molecule has 1 amide bonds. The second-order valence-corrected chi connectivity index (χ2v) is 8.06. The molecule has 2 heterocycles. The first kappa shape index (κ1) is 22.3. The van der Waals surface area contributed by atoms with Gasteiger partial charge in [0.15, 0.2) is 11.0 Å². The summed E-state index contributed by atoms with van der Waals surface area (Å²) in [5, 5.41) is 32.6. The zero-order valence-electron chi connectivity index (χ0n) is 17.0. The fourth-order valence-electron chi connectivity index (χ4n) is 2.85. The topological polar surface area (TPSA) is 126 Å². The largest absolute Gasteiger partial charge is 0.508 e. The van der Waals surface area contributed by atoms with E-state index in [0.717, 1.165) is 11.3 Å². The van der Waals surface area contributed by atoms with Gasteiger partial charge in [0.1, 0.15) is 11.5 Å². The molecule has 0 aliphatic carbocycles. The van der Waals surface area contributed by atoms with Crippen molar-refractivity contribution in [2.24, 2.45) is 5.10 Å². The van der Waals surface area contributed by atoms with Crippen molar-refractivity contribution in [1.29, 1.82) is 0 Å². The summed E-state index contributed by atoms with van der Waals surface area (Å²) < 4.78 is 1.83. The summed E-state index contributed by atoms with van der Waals surface area (Å²) in [7, 11) is 0. The van der Waals surface area contributed by atoms with E-state index in [1.54, 1.807) is 24.5 Å². The number of thioether (sulfide) groups is 1. The molecule has 0 saturated heterocycles. The second kappa shape index (κ2) is 10.2. The number of hydrogen-bond acceptors (Lipinski definition) is 8. The molecule has 0 aliphatic rings. The van der Waals surface area contributed by atoms with E-state index in [2.05, 4.69) is 25.7 Å². The molecule has 11 heteroatoms. The van der Waals surface area contributed by atoms with Crippen LogP contribution >= 0.6 is 23.4 Å². The van der Waals surface area contributed by atoms with Gasteiger partial charge in [-0.05, 0) is 48.5 Å². The maximum Gasteiger partial charge on any atom is 0.250 e. The van der Waals surface area contributed by atoms with Gasteiger partial charge >= 0.3 is 0 Å². The summed E-state index contributed by atoms with van der Waals surface area (Å²) in [6.45, 7) is 0. The van der Waals surface area contributed by atoms with Crippen molar-refractivity contribution in [3.63, 3.8) is 0 Å². The van der Waals surface area contributed by atoms with E-state index in [4.69, 9.17) is 11.6 Å². The zero-order chi connectivity index (χ0) is 23.2. The molecule has 0 atom stereocenters. The summed E-state index contributed by atoms with van der Waals surface area (Å²) in [6, 6.07) is 14.9. The fraction of sp³-hybridized carbons (Fsp3) is 0.0455. The van der Waals surface area contributed by atoms with Gasteiger partial charge in [-0.3, -0.25) is 14.3 Å². The van der Waals surface area contributed by atoms with Gasteiger partial charge in [-0.2, -0.15) is 5.10 Å². The van der Waals surface area contributed by atoms with Crippen molar-refractivity contribution in [2.75, 3.05) is 5.75 Å². The number of aromatic nitrogens is 4. The second-order valence-electron chi connectivity index (χ2n) is 6.68. The number of carbonyl (C=O) groups is 1. The third-order valence-corrected chi connectivity index (χ3v) is 5.58. The number of hydrogen-bond donors (Lipinski definition) is 3. The lowest BCUT2D eigenvalue weighted by atomic mass is 10.2. The van der Waals surface area contributed by atoms with Crippen molar-refractivity contribution >= 4 is 35.5 Å². The number of phenols is 2. The first-order valence-electron chi connectivity index (χ1n) is 9.60. The molecule has 0 spiro atoms. The van der Waals surface area contributed by atoms with Crippen LogP contribution < -0.4 is 5.43 Å². The van der Waals surface area contributed by atoms with E-state index in [0.29, 0.717) is 21.6 Å². The Morgan fingerprint density at radius 1 is 1.09 bits per heavy atom. The highest BCUT2D eigenvalue weighted by atomic mass is 35.5. The van der Waals surface area contributed by atoms with E-state index in [1.807, 2.05) is 28.8 Å². The number of carbonyl (C=O) groups excluding carboxylic acids is 1. The summed E-state index contributed by atoms with van der Waals surface area (Å²) in [5.74, 6) is 0.0400. The summed E-state index contributed by atoms with van der Waals surface area (Å²) in [5.41, 5.74) is 4.37. The SMILES string of the molecule is O=C(CSc1nnc(-c2ccncc2)n1-c1ccc(Cl)cc1)NN=Cc1ccc(O)cc1O. The average molecular weight is 481 g/mol. The molecule has 0 saturated carbocycles. The van der Waals surface area contributed by atoms with Crippen LogP contribution in [-0.4, -0.2) is 47.8 Å². The van der Waals surface area contributed by atoms with Gasteiger partial charge in [-0.15, -0.1) is 10.2 Å². The minimum absolute atomic E-state index is 0.0287. The fourth-order valence-corrected chi connectivity index (χ4v) is 3.72. The minimum Gasteiger partial charge on any atom is -0.508 e. The number of aromatic hydroxyl groups is 2. The average Bonchev–Trinajstić information content (AvgIpc) is 3.24. The predicted molar refractivity (Wildman–Crippen MR) is 126 cm³/mol. The molecule has 4 rings (SSSR count). The number of nitrogens with one attached hydrogen (secondary N) is 1. The number of pyridine rings is 1.